The molecule has 1 saturated heterocycles. The maximum atomic E-state index is 11.8. The molecular weight excluding hydrogens is 302 g/mol. The van der Waals surface area contributed by atoms with Crippen LogP contribution in [0.3, 0.4) is 0 Å². The molecule has 2 N–H and O–H groups in total. The van der Waals surface area contributed by atoms with Crippen LogP contribution in [0.15, 0.2) is 53.4 Å². The lowest BCUT2D eigenvalue weighted by Crippen LogP contribution is -2.17. The number of carbonyl (C=O) groups is 1. The molecule has 0 saturated carbocycles. The predicted octanol–water partition coefficient (Wildman–Crippen LogP) is 3.55. The Morgan fingerprint density at radius 1 is 1.05 bits per heavy atom. The van der Waals surface area contributed by atoms with Crippen LogP contribution in [0.1, 0.15) is 5.56 Å². The van der Waals surface area contributed by atoms with Crippen LogP contribution in [0.5, 0.6) is 5.75 Å². The minimum absolute atomic E-state index is 0.183. The third-order valence-corrected chi connectivity index (χ3v) is 4.25. The third-order valence-electron chi connectivity index (χ3n) is 3.08. The number of hydrogen-bond acceptors (Lipinski definition) is 4. The van der Waals surface area contributed by atoms with Gasteiger partial charge in [0, 0.05) is 5.56 Å². The van der Waals surface area contributed by atoms with Crippen LogP contribution in [0.25, 0.3) is 17.2 Å². The molecule has 104 valence electrons. The van der Waals surface area contributed by atoms with Crippen molar-refractivity contribution in [1.82, 2.24) is 5.32 Å². The zero-order valence-corrected chi connectivity index (χ0v) is 12.5. The van der Waals surface area contributed by atoms with E-state index in [9.17, 15) is 9.90 Å². The summed E-state index contributed by atoms with van der Waals surface area (Å²) in [6, 6.07) is 14.7. The lowest BCUT2D eigenvalue weighted by atomic mass is 9.98. The van der Waals surface area contributed by atoms with Gasteiger partial charge in [0.2, 0.25) is 0 Å². The third kappa shape index (κ3) is 2.84. The van der Waals surface area contributed by atoms with Crippen LogP contribution in [0, 0.1) is 0 Å². The van der Waals surface area contributed by atoms with Gasteiger partial charge in [0.25, 0.3) is 5.91 Å². The van der Waals surface area contributed by atoms with Crippen molar-refractivity contribution in [3.63, 3.8) is 0 Å². The summed E-state index contributed by atoms with van der Waals surface area (Å²) in [4.78, 5) is 12.3. The largest absolute Gasteiger partial charge is 0.507 e. The summed E-state index contributed by atoms with van der Waals surface area (Å²) in [5.74, 6) is 0.0273. The Balaban J connectivity index is 2.09. The molecule has 2 aromatic rings. The molecule has 21 heavy (non-hydrogen) atoms. The fraction of sp³-hybridized carbons (Fsp3) is 0. The normalized spacial score (nSPS) is 16.3. The van der Waals surface area contributed by atoms with Crippen molar-refractivity contribution in [2.24, 2.45) is 0 Å². The van der Waals surface area contributed by atoms with Crippen molar-refractivity contribution in [3.8, 4) is 16.9 Å². The molecule has 1 aliphatic heterocycles. The maximum Gasteiger partial charge on any atom is 0.263 e. The Morgan fingerprint density at radius 3 is 2.38 bits per heavy atom. The fourth-order valence-corrected chi connectivity index (χ4v) is 3.17. The number of thioether (sulfide) groups is 1. The van der Waals surface area contributed by atoms with Gasteiger partial charge in [-0.25, -0.2) is 0 Å². The highest BCUT2D eigenvalue weighted by Gasteiger charge is 2.22. The summed E-state index contributed by atoms with van der Waals surface area (Å²) >= 11 is 6.23. The van der Waals surface area contributed by atoms with Crippen LogP contribution in [-0.2, 0) is 4.79 Å². The van der Waals surface area contributed by atoms with Gasteiger partial charge in [-0.2, -0.15) is 0 Å². The number of carbonyl (C=O) groups excluding carboxylic acids is 1. The molecule has 0 bridgehead atoms. The Morgan fingerprint density at radius 2 is 1.71 bits per heavy atom. The number of thiocarbonyl (C=S) groups is 1. The number of aromatic hydroxyl groups is 1. The van der Waals surface area contributed by atoms with Crippen molar-refractivity contribution >= 4 is 40.3 Å². The van der Waals surface area contributed by atoms with E-state index in [1.807, 2.05) is 36.4 Å². The van der Waals surface area contributed by atoms with Crippen LogP contribution in [-0.4, -0.2) is 15.3 Å². The molecule has 1 amide bonds. The summed E-state index contributed by atoms with van der Waals surface area (Å²) in [5.41, 5.74) is 2.46. The van der Waals surface area contributed by atoms with Crippen molar-refractivity contribution in [1.29, 1.82) is 0 Å². The highest BCUT2D eigenvalue weighted by Crippen LogP contribution is 2.34. The van der Waals surface area contributed by atoms with Gasteiger partial charge < -0.3 is 10.4 Å². The average molecular weight is 313 g/mol. The number of rotatable bonds is 2. The van der Waals surface area contributed by atoms with Gasteiger partial charge in [0.1, 0.15) is 10.1 Å². The van der Waals surface area contributed by atoms with E-state index in [4.69, 9.17) is 12.2 Å². The number of para-hydroxylation sites is 1. The molecule has 3 nitrogen and oxygen atoms in total. The molecule has 0 aromatic heterocycles. The van der Waals surface area contributed by atoms with Gasteiger partial charge in [-0.15, -0.1) is 0 Å². The second-order valence-electron chi connectivity index (χ2n) is 4.46. The van der Waals surface area contributed by atoms with Crippen molar-refractivity contribution in [3.05, 3.63) is 59.0 Å². The minimum Gasteiger partial charge on any atom is -0.507 e. The Hall–Kier alpha value is -2.11. The van der Waals surface area contributed by atoms with Crippen molar-refractivity contribution in [2.75, 3.05) is 0 Å². The molecule has 0 spiro atoms. The summed E-state index contributed by atoms with van der Waals surface area (Å²) in [5, 5.41) is 12.6. The smallest absolute Gasteiger partial charge is 0.263 e. The summed E-state index contributed by atoms with van der Waals surface area (Å²) in [7, 11) is 0. The average Bonchev–Trinajstić information content (AvgIpc) is 2.78. The summed E-state index contributed by atoms with van der Waals surface area (Å²) in [6.07, 6.45) is 1.79. The molecule has 0 radical (unpaired) electrons. The summed E-state index contributed by atoms with van der Waals surface area (Å²) in [6.45, 7) is 0. The van der Waals surface area contributed by atoms with Gasteiger partial charge in [-0.05, 0) is 23.3 Å². The van der Waals surface area contributed by atoms with E-state index in [1.165, 1.54) is 11.8 Å². The van der Waals surface area contributed by atoms with Crippen LogP contribution < -0.4 is 5.32 Å². The van der Waals surface area contributed by atoms with E-state index in [1.54, 1.807) is 18.2 Å². The van der Waals surface area contributed by atoms with E-state index in [0.29, 0.717) is 9.23 Å². The number of phenolic OH excluding ortho intramolecular Hbond substituents is 1. The van der Waals surface area contributed by atoms with Gasteiger partial charge in [0.05, 0.1) is 4.91 Å². The zero-order valence-electron chi connectivity index (χ0n) is 10.9. The van der Waals surface area contributed by atoms with Gasteiger partial charge in [0.15, 0.2) is 0 Å². The Labute approximate surface area is 131 Å². The lowest BCUT2D eigenvalue weighted by Gasteiger charge is -2.08. The zero-order chi connectivity index (χ0) is 14.8. The monoisotopic (exact) mass is 313 g/mol. The fourth-order valence-electron chi connectivity index (χ4n) is 2.13. The number of nitrogens with one attached hydrogen (secondary N) is 1. The molecule has 0 atom stereocenters. The number of phenols is 1. The standard InChI is InChI=1S/C16H11NO2S2/c18-13-8-4-3-7-12(13)11-6-2-1-5-10(11)9-14-15(19)17-16(20)21-14/h1-9,18H,(H,17,19,20)/b14-9-. The van der Waals surface area contributed by atoms with Crippen LogP contribution >= 0.6 is 24.0 Å². The number of amides is 1. The van der Waals surface area contributed by atoms with Crippen LogP contribution in [0.2, 0.25) is 0 Å². The van der Waals surface area contributed by atoms with E-state index >= 15 is 0 Å². The topological polar surface area (TPSA) is 49.3 Å². The van der Waals surface area contributed by atoms with E-state index in [0.717, 1.165) is 16.7 Å². The van der Waals surface area contributed by atoms with E-state index in [-0.39, 0.29) is 11.7 Å². The van der Waals surface area contributed by atoms with Gasteiger partial charge in [-0.1, -0.05) is 66.4 Å². The molecule has 3 rings (SSSR count). The van der Waals surface area contributed by atoms with E-state index in [2.05, 4.69) is 5.32 Å². The Kier molecular flexibility index (Phi) is 3.77. The molecule has 5 heteroatoms. The SMILES string of the molecule is O=C1NC(=S)S/C1=C\c1ccccc1-c1ccccc1O. The first-order chi connectivity index (χ1) is 10.1. The highest BCUT2D eigenvalue weighted by atomic mass is 32.2. The van der Waals surface area contributed by atoms with Gasteiger partial charge in [-0.3, -0.25) is 4.79 Å². The Bertz CT molecular complexity index is 768. The second kappa shape index (κ2) is 5.71. The molecule has 1 aliphatic rings. The lowest BCUT2D eigenvalue weighted by molar-refractivity contribution is -0.115. The maximum absolute atomic E-state index is 11.8. The predicted molar refractivity (Wildman–Crippen MR) is 89.9 cm³/mol. The van der Waals surface area contributed by atoms with Crippen LogP contribution in [0.4, 0.5) is 0 Å². The molecule has 0 unspecified atom stereocenters. The number of hydrogen-bond donors (Lipinski definition) is 2. The van der Waals surface area contributed by atoms with Crippen molar-refractivity contribution in [2.45, 2.75) is 0 Å². The molecule has 1 fully saturated rings. The molecular formula is C16H11NO2S2. The quantitative estimate of drug-likeness (QED) is 0.657. The molecule has 2 aromatic carbocycles. The molecule has 1 heterocycles. The first-order valence-corrected chi connectivity index (χ1v) is 7.50. The highest BCUT2D eigenvalue weighted by molar-refractivity contribution is 8.26. The van der Waals surface area contributed by atoms with Crippen molar-refractivity contribution < 1.29 is 9.90 Å². The molecule has 0 aliphatic carbocycles. The summed E-state index contributed by atoms with van der Waals surface area (Å²) < 4.78 is 0.464. The second-order valence-corrected chi connectivity index (χ2v) is 6.18. The minimum atomic E-state index is -0.183. The first-order valence-electron chi connectivity index (χ1n) is 6.27. The first kappa shape index (κ1) is 13.9. The number of benzene rings is 2. The van der Waals surface area contributed by atoms with Gasteiger partial charge >= 0.3 is 0 Å². The van der Waals surface area contributed by atoms with E-state index < -0.39 is 0 Å².